The van der Waals surface area contributed by atoms with Gasteiger partial charge in [0.05, 0.1) is 18.9 Å². The number of halogens is 2. The lowest BCUT2D eigenvalue weighted by Gasteiger charge is -2.30. The molecule has 4 nitrogen and oxygen atoms in total. The van der Waals surface area contributed by atoms with E-state index in [0.717, 1.165) is 5.69 Å². The molecule has 1 saturated heterocycles. The van der Waals surface area contributed by atoms with Crippen LogP contribution in [0.15, 0.2) is 53.5 Å². The predicted octanol–water partition coefficient (Wildman–Crippen LogP) is 3.40. The van der Waals surface area contributed by atoms with Crippen molar-refractivity contribution in [3.8, 4) is 0 Å². The van der Waals surface area contributed by atoms with E-state index in [2.05, 4.69) is 15.2 Å². The van der Waals surface area contributed by atoms with E-state index in [9.17, 15) is 8.78 Å². The van der Waals surface area contributed by atoms with Crippen molar-refractivity contribution in [2.75, 3.05) is 31.6 Å². The molecule has 1 N–H and O–H groups in total. The molecule has 120 valence electrons. The van der Waals surface area contributed by atoms with Crippen molar-refractivity contribution in [3.05, 3.63) is 60.2 Å². The quantitative estimate of drug-likeness (QED) is 0.681. The van der Waals surface area contributed by atoms with E-state index < -0.39 is 0 Å². The Hall–Kier alpha value is -2.47. The first-order valence-corrected chi connectivity index (χ1v) is 7.40. The number of hydrogen-bond acceptors (Lipinski definition) is 2. The Labute approximate surface area is 133 Å². The van der Waals surface area contributed by atoms with E-state index in [4.69, 9.17) is 4.74 Å². The number of anilines is 1. The summed E-state index contributed by atoms with van der Waals surface area (Å²) in [4.78, 5) is 6.61. The summed E-state index contributed by atoms with van der Waals surface area (Å²) in [6.07, 6.45) is 0. The Kier molecular flexibility index (Phi) is 4.83. The van der Waals surface area contributed by atoms with Crippen molar-refractivity contribution in [3.63, 3.8) is 0 Å². The first-order chi connectivity index (χ1) is 11.2. The van der Waals surface area contributed by atoms with Crippen LogP contribution in [0.2, 0.25) is 0 Å². The zero-order chi connectivity index (χ0) is 16.1. The first-order valence-electron chi connectivity index (χ1n) is 7.40. The highest BCUT2D eigenvalue weighted by Crippen LogP contribution is 2.16. The standard InChI is InChI=1S/C17H17F2N3O/c18-13-1-5-15(6-2-13)20-17(22-9-11-23-12-10-22)21-16-7-3-14(19)4-8-16/h1-8H,9-12H2,(H,20,21). The lowest BCUT2D eigenvalue weighted by atomic mass is 10.3. The van der Waals surface area contributed by atoms with Crippen LogP contribution in [0.1, 0.15) is 0 Å². The Balaban J connectivity index is 1.86. The number of hydrogen-bond donors (Lipinski definition) is 1. The molecule has 0 radical (unpaired) electrons. The molecule has 23 heavy (non-hydrogen) atoms. The molecular formula is C17H17F2N3O. The fourth-order valence-electron chi connectivity index (χ4n) is 2.25. The zero-order valence-corrected chi connectivity index (χ0v) is 12.5. The van der Waals surface area contributed by atoms with E-state index in [-0.39, 0.29) is 11.6 Å². The van der Waals surface area contributed by atoms with Crippen LogP contribution in [0.5, 0.6) is 0 Å². The summed E-state index contributed by atoms with van der Waals surface area (Å²) in [5.74, 6) is 0.0360. The number of nitrogens with zero attached hydrogens (tertiary/aromatic N) is 2. The van der Waals surface area contributed by atoms with E-state index in [1.54, 1.807) is 24.3 Å². The minimum absolute atomic E-state index is 0.293. The number of rotatable bonds is 2. The lowest BCUT2D eigenvalue weighted by Crippen LogP contribution is -2.44. The summed E-state index contributed by atoms with van der Waals surface area (Å²) in [5, 5.41) is 3.20. The molecule has 1 heterocycles. The smallest absolute Gasteiger partial charge is 0.203 e. The van der Waals surface area contributed by atoms with Gasteiger partial charge in [-0.25, -0.2) is 13.8 Å². The zero-order valence-electron chi connectivity index (χ0n) is 12.5. The summed E-state index contributed by atoms with van der Waals surface area (Å²) < 4.78 is 31.4. The Morgan fingerprint density at radius 2 is 1.48 bits per heavy atom. The molecule has 0 aliphatic carbocycles. The van der Waals surface area contributed by atoms with E-state index in [0.29, 0.717) is 38.0 Å². The molecule has 0 amide bonds. The van der Waals surface area contributed by atoms with E-state index in [1.807, 2.05) is 0 Å². The molecule has 0 unspecified atom stereocenters. The van der Waals surface area contributed by atoms with Crippen molar-refractivity contribution in [2.45, 2.75) is 0 Å². The third kappa shape index (κ3) is 4.26. The molecule has 1 aliphatic rings. The molecule has 0 aromatic heterocycles. The number of benzene rings is 2. The first kappa shape index (κ1) is 15.4. The molecule has 0 atom stereocenters. The van der Waals surface area contributed by atoms with Crippen LogP contribution in [-0.2, 0) is 4.74 Å². The Morgan fingerprint density at radius 1 is 0.913 bits per heavy atom. The maximum atomic E-state index is 13.0. The second-order valence-electron chi connectivity index (χ2n) is 5.14. The molecule has 0 saturated carbocycles. The number of ether oxygens (including phenoxy) is 1. The second-order valence-corrected chi connectivity index (χ2v) is 5.14. The minimum atomic E-state index is -0.302. The monoisotopic (exact) mass is 317 g/mol. The van der Waals surface area contributed by atoms with Crippen molar-refractivity contribution >= 4 is 17.3 Å². The van der Waals surface area contributed by atoms with Gasteiger partial charge in [-0.2, -0.15) is 0 Å². The van der Waals surface area contributed by atoms with Crippen LogP contribution in [0.3, 0.4) is 0 Å². The average molecular weight is 317 g/mol. The summed E-state index contributed by atoms with van der Waals surface area (Å²) in [6.45, 7) is 2.64. The molecule has 1 fully saturated rings. The predicted molar refractivity (Wildman–Crippen MR) is 85.9 cm³/mol. The number of morpholine rings is 1. The summed E-state index contributed by atoms with van der Waals surface area (Å²) in [6, 6.07) is 12.0. The molecule has 6 heteroatoms. The molecule has 0 spiro atoms. The largest absolute Gasteiger partial charge is 0.378 e. The molecule has 0 bridgehead atoms. The van der Waals surface area contributed by atoms with Gasteiger partial charge in [-0.3, -0.25) is 0 Å². The van der Waals surface area contributed by atoms with Crippen molar-refractivity contribution in [1.29, 1.82) is 0 Å². The summed E-state index contributed by atoms with van der Waals surface area (Å²) in [5.41, 5.74) is 1.38. The normalized spacial score (nSPS) is 15.6. The van der Waals surface area contributed by atoms with Gasteiger partial charge in [0.2, 0.25) is 5.96 Å². The summed E-state index contributed by atoms with van der Waals surface area (Å²) >= 11 is 0. The van der Waals surface area contributed by atoms with Crippen LogP contribution in [0.25, 0.3) is 0 Å². The second kappa shape index (κ2) is 7.19. The molecule has 2 aromatic carbocycles. The Bertz CT molecular complexity index is 665. The highest BCUT2D eigenvalue weighted by molar-refractivity contribution is 5.95. The maximum Gasteiger partial charge on any atom is 0.203 e. The van der Waals surface area contributed by atoms with Crippen LogP contribution in [0.4, 0.5) is 20.2 Å². The Morgan fingerprint density at radius 3 is 2.09 bits per heavy atom. The number of aliphatic imine (C=N–C) groups is 1. The van der Waals surface area contributed by atoms with Gasteiger partial charge in [0.15, 0.2) is 0 Å². The highest BCUT2D eigenvalue weighted by Gasteiger charge is 2.15. The van der Waals surface area contributed by atoms with E-state index in [1.165, 1.54) is 24.3 Å². The van der Waals surface area contributed by atoms with Gasteiger partial charge in [-0.1, -0.05) is 0 Å². The maximum absolute atomic E-state index is 13.0. The fraction of sp³-hybridized carbons (Fsp3) is 0.235. The minimum Gasteiger partial charge on any atom is -0.378 e. The van der Waals surface area contributed by atoms with Gasteiger partial charge < -0.3 is 15.0 Å². The third-order valence-electron chi connectivity index (χ3n) is 3.47. The average Bonchev–Trinajstić information content (AvgIpc) is 2.59. The van der Waals surface area contributed by atoms with Crippen LogP contribution in [-0.4, -0.2) is 37.2 Å². The molecule has 2 aromatic rings. The molecule has 1 aliphatic heterocycles. The number of nitrogens with one attached hydrogen (secondary N) is 1. The lowest BCUT2D eigenvalue weighted by molar-refractivity contribution is 0.0680. The van der Waals surface area contributed by atoms with Crippen LogP contribution >= 0.6 is 0 Å². The van der Waals surface area contributed by atoms with Crippen LogP contribution in [0, 0.1) is 11.6 Å². The SMILES string of the molecule is Fc1ccc(N=C(Nc2ccc(F)cc2)N2CCOCC2)cc1. The van der Waals surface area contributed by atoms with Gasteiger partial charge in [-0.05, 0) is 48.5 Å². The van der Waals surface area contributed by atoms with Crippen LogP contribution < -0.4 is 5.32 Å². The van der Waals surface area contributed by atoms with Crippen molar-refractivity contribution < 1.29 is 13.5 Å². The fourth-order valence-corrected chi connectivity index (χ4v) is 2.25. The van der Waals surface area contributed by atoms with Gasteiger partial charge in [0.1, 0.15) is 11.6 Å². The van der Waals surface area contributed by atoms with Gasteiger partial charge in [0.25, 0.3) is 0 Å². The highest BCUT2D eigenvalue weighted by atomic mass is 19.1. The molecular weight excluding hydrogens is 300 g/mol. The topological polar surface area (TPSA) is 36.9 Å². The van der Waals surface area contributed by atoms with Crippen molar-refractivity contribution in [2.24, 2.45) is 4.99 Å². The molecule has 3 rings (SSSR count). The van der Waals surface area contributed by atoms with Gasteiger partial charge in [-0.15, -0.1) is 0 Å². The summed E-state index contributed by atoms with van der Waals surface area (Å²) in [7, 11) is 0. The van der Waals surface area contributed by atoms with Gasteiger partial charge in [0, 0.05) is 18.8 Å². The van der Waals surface area contributed by atoms with Crippen molar-refractivity contribution in [1.82, 2.24) is 4.90 Å². The van der Waals surface area contributed by atoms with Gasteiger partial charge >= 0.3 is 0 Å². The number of guanidine groups is 1. The third-order valence-corrected chi connectivity index (χ3v) is 3.47. The van der Waals surface area contributed by atoms with E-state index >= 15 is 0 Å².